The van der Waals surface area contributed by atoms with Crippen LogP contribution >= 0.6 is 22.6 Å². The molecule has 0 spiro atoms. The van der Waals surface area contributed by atoms with Crippen molar-refractivity contribution >= 4 is 33.5 Å². The van der Waals surface area contributed by atoms with Gasteiger partial charge in [-0.05, 0) is 52.9 Å². The van der Waals surface area contributed by atoms with Gasteiger partial charge in [-0.1, -0.05) is 18.2 Å². The highest BCUT2D eigenvalue weighted by atomic mass is 127. The van der Waals surface area contributed by atoms with E-state index < -0.39 is 0 Å². The molecule has 0 aliphatic rings. The number of halogens is 2. The Bertz CT molecular complexity index is 670. The molecule has 0 radical (unpaired) electrons. The number of fused-ring (bicyclic) bond motifs is 1. The van der Waals surface area contributed by atoms with E-state index >= 15 is 0 Å². The third kappa shape index (κ3) is 1.84. The molecule has 0 amide bonds. The number of benzene rings is 2. The fraction of sp³-hybridized carbons (Fsp3) is 0. The molecule has 1 nitrogen and oxygen atoms in total. The van der Waals surface area contributed by atoms with E-state index in [4.69, 9.17) is 0 Å². The van der Waals surface area contributed by atoms with E-state index in [1.807, 2.05) is 12.1 Å². The topological polar surface area (TPSA) is 4.93 Å². The minimum absolute atomic E-state index is 0.208. The third-order valence-electron chi connectivity index (χ3n) is 2.77. The summed E-state index contributed by atoms with van der Waals surface area (Å²) >= 11 is 2.32. The molecule has 0 fully saturated rings. The van der Waals surface area contributed by atoms with Gasteiger partial charge in [0.2, 0.25) is 0 Å². The van der Waals surface area contributed by atoms with Crippen molar-refractivity contribution in [3.8, 4) is 5.69 Å². The van der Waals surface area contributed by atoms with Crippen molar-refractivity contribution in [1.82, 2.24) is 4.57 Å². The van der Waals surface area contributed by atoms with Crippen molar-refractivity contribution in [2.45, 2.75) is 0 Å². The number of nitrogens with zero attached hydrogens (tertiary/aromatic N) is 1. The van der Waals surface area contributed by atoms with Crippen molar-refractivity contribution in [2.75, 3.05) is 0 Å². The van der Waals surface area contributed by atoms with Gasteiger partial charge in [0.05, 0.1) is 5.52 Å². The Kier molecular flexibility index (Phi) is 2.63. The number of para-hydroxylation sites is 1. The van der Waals surface area contributed by atoms with Crippen LogP contribution in [0.15, 0.2) is 54.7 Å². The summed E-state index contributed by atoms with van der Waals surface area (Å²) in [5.41, 5.74) is 2.12. The third-order valence-corrected chi connectivity index (χ3v) is 3.63. The van der Waals surface area contributed by atoms with Crippen molar-refractivity contribution in [3.05, 3.63) is 64.1 Å². The lowest BCUT2D eigenvalue weighted by atomic mass is 10.2. The molecule has 0 bridgehead atoms. The molecule has 0 aliphatic carbocycles. The average Bonchev–Trinajstić information content (AvgIpc) is 2.69. The monoisotopic (exact) mass is 337 g/mol. The Hall–Kier alpha value is -1.36. The molecule has 0 N–H and O–H groups in total. The van der Waals surface area contributed by atoms with E-state index in [0.717, 1.165) is 11.2 Å². The van der Waals surface area contributed by atoms with Crippen LogP contribution in [-0.4, -0.2) is 4.57 Å². The molecular formula is C14H9FIN. The van der Waals surface area contributed by atoms with Gasteiger partial charge in [-0.25, -0.2) is 4.39 Å². The molecule has 2 aromatic carbocycles. The maximum atomic E-state index is 12.9. The zero-order valence-electron chi connectivity index (χ0n) is 8.90. The zero-order valence-corrected chi connectivity index (χ0v) is 11.1. The van der Waals surface area contributed by atoms with Gasteiger partial charge in [0.25, 0.3) is 0 Å². The Balaban J connectivity index is 2.27. The number of hydrogen-bond donors (Lipinski definition) is 0. The molecule has 17 heavy (non-hydrogen) atoms. The van der Waals surface area contributed by atoms with Crippen LogP contribution in [0.3, 0.4) is 0 Å². The van der Waals surface area contributed by atoms with Crippen molar-refractivity contribution < 1.29 is 4.39 Å². The van der Waals surface area contributed by atoms with Crippen LogP contribution in [0, 0.1) is 9.39 Å². The predicted octanol–water partition coefficient (Wildman–Crippen LogP) is 4.37. The Morgan fingerprint density at radius 3 is 2.41 bits per heavy atom. The van der Waals surface area contributed by atoms with Crippen molar-refractivity contribution in [2.24, 2.45) is 0 Å². The molecule has 0 unspecified atom stereocenters. The first-order valence-electron chi connectivity index (χ1n) is 5.27. The van der Waals surface area contributed by atoms with E-state index in [1.165, 1.54) is 21.1 Å². The van der Waals surface area contributed by atoms with E-state index in [1.54, 1.807) is 12.1 Å². The van der Waals surface area contributed by atoms with Gasteiger partial charge in [-0.3, -0.25) is 0 Å². The summed E-state index contributed by atoms with van der Waals surface area (Å²) in [5, 5.41) is 1.22. The minimum Gasteiger partial charge on any atom is -0.315 e. The van der Waals surface area contributed by atoms with Gasteiger partial charge in [0, 0.05) is 20.8 Å². The Labute approximate surface area is 112 Å². The second-order valence-corrected chi connectivity index (χ2v) is 5.00. The fourth-order valence-corrected chi connectivity index (χ4v) is 2.69. The average molecular weight is 337 g/mol. The molecule has 1 heterocycles. The van der Waals surface area contributed by atoms with Crippen LogP contribution in [0.5, 0.6) is 0 Å². The van der Waals surface area contributed by atoms with Gasteiger partial charge in [0.15, 0.2) is 0 Å². The maximum absolute atomic E-state index is 12.9. The molecule has 84 valence electrons. The number of rotatable bonds is 1. The highest BCUT2D eigenvalue weighted by Crippen LogP contribution is 2.25. The van der Waals surface area contributed by atoms with Crippen LogP contribution in [0.25, 0.3) is 16.6 Å². The van der Waals surface area contributed by atoms with Crippen LogP contribution in [0.4, 0.5) is 4.39 Å². The van der Waals surface area contributed by atoms with Gasteiger partial charge in [0.1, 0.15) is 5.82 Å². The summed E-state index contributed by atoms with van der Waals surface area (Å²) in [7, 11) is 0. The lowest BCUT2D eigenvalue weighted by Crippen LogP contribution is -1.91. The van der Waals surface area contributed by atoms with Gasteiger partial charge < -0.3 is 4.57 Å². The molecular weight excluding hydrogens is 328 g/mol. The maximum Gasteiger partial charge on any atom is 0.123 e. The predicted molar refractivity (Wildman–Crippen MR) is 76.0 cm³/mol. The molecule has 0 atom stereocenters. The van der Waals surface area contributed by atoms with Crippen LogP contribution in [0.2, 0.25) is 0 Å². The largest absolute Gasteiger partial charge is 0.315 e. The summed E-state index contributed by atoms with van der Waals surface area (Å²) in [6.45, 7) is 0. The van der Waals surface area contributed by atoms with Gasteiger partial charge in [-0.15, -0.1) is 0 Å². The highest BCUT2D eigenvalue weighted by molar-refractivity contribution is 14.1. The van der Waals surface area contributed by atoms with Crippen LogP contribution < -0.4 is 0 Å². The van der Waals surface area contributed by atoms with E-state index in [9.17, 15) is 4.39 Å². The molecule has 0 saturated carbocycles. The first-order valence-corrected chi connectivity index (χ1v) is 6.35. The lowest BCUT2D eigenvalue weighted by Gasteiger charge is -2.04. The summed E-state index contributed by atoms with van der Waals surface area (Å²) in [5.74, 6) is -0.208. The molecule has 3 rings (SSSR count). The standard InChI is InChI=1S/C14H9FIN/c15-10-5-7-11(8-6-10)17-9-13(16)12-3-1-2-4-14(12)17/h1-9H. The Morgan fingerprint density at radius 1 is 0.941 bits per heavy atom. The molecule has 3 aromatic rings. The quantitative estimate of drug-likeness (QED) is 0.581. The van der Waals surface area contributed by atoms with E-state index in [-0.39, 0.29) is 5.82 Å². The highest BCUT2D eigenvalue weighted by Gasteiger charge is 2.06. The normalized spacial score (nSPS) is 10.9. The summed E-state index contributed by atoms with van der Waals surface area (Å²) < 4.78 is 16.2. The molecule has 0 saturated heterocycles. The van der Waals surface area contributed by atoms with Gasteiger partial charge >= 0.3 is 0 Å². The minimum atomic E-state index is -0.208. The summed E-state index contributed by atoms with van der Waals surface area (Å²) in [6, 6.07) is 14.7. The van der Waals surface area contributed by atoms with Crippen LogP contribution in [0.1, 0.15) is 0 Å². The fourth-order valence-electron chi connectivity index (χ4n) is 1.95. The molecule has 1 aromatic heterocycles. The molecule has 3 heteroatoms. The molecule has 0 aliphatic heterocycles. The SMILES string of the molecule is Fc1ccc(-n2cc(I)c3ccccc32)cc1. The van der Waals surface area contributed by atoms with Crippen LogP contribution in [-0.2, 0) is 0 Å². The van der Waals surface area contributed by atoms with E-state index in [2.05, 4.69) is 45.5 Å². The first-order chi connectivity index (χ1) is 8.25. The zero-order chi connectivity index (χ0) is 11.8. The van der Waals surface area contributed by atoms with E-state index in [0.29, 0.717) is 0 Å². The second kappa shape index (κ2) is 4.14. The number of hydrogen-bond acceptors (Lipinski definition) is 0. The number of aromatic nitrogens is 1. The van der Waals surface area contributed by atoms with Gasteiger partial charge in [-0.2, -0.15) is 0 Å². The lowest BCUT2D eigenvalue weighted by molar-refractivity contribution is 0.627. The van der Waals surface area contributed by atoms with Crippen molar-refractivity contribution in [3.63, 3.8) is 0 Å². The smallest absolute Gasteiger partial charge is 0.123 e. The second-order valence-electron chi connectivity index (χ2n) is 3.84. The summed E-state index contributed by atoms with van der Waals surface area (Å²) in [6.07, 6.45) is 2.07. The van der Waals surface area contributed by atoms with Crippen molar-refractivity contribution in [1.29, 1.82) is 0 Å². The Morgan fingerprint density at radius 2 is 1.65 bits per heavy atom. The first kappa shape index (κ1) is 10.8. The summed E-state index contributed by atoms with van der Waals surface area (Å²) in [4.78, 5) is 0.